The van der Waals surface area contributed by atoms with Crippen molar-refractivity contribution in [2.45, 2.75) is 58.2 Å². The predicted molar refractivity (Wildman–Crippen MR) is 67.2 cm³/mol. The van der Waals surface area contributed by atoms with Crippen molar-refractivity contribution < 1.29 is 0 Å². The standard InChI is InChI=1S/C13H25N3/c1-11-7-9-16(13(2,3)4)12(6-8-14)10-15(11)5/h11-12H,6-7,9-10H2,1-5H3. The van der Waals surface area contributed by atoms with Crippen molar-refractivity contribution in [3.8, 4) is 6.07 Å². The first-order valence-electron chi connectivity index (χ1n) is 6.20. The number of nitrogens with zero attached hydrogens (tertiary/aromatic N) is 3. The molecule has 1 fully saturated rings. The van der Waals surface area contributed by atoms with Crippen molar-refractivity contribution in [2.75, 3.05) is 20.1 Å². The van der Waals surface area contributed by atoms with Gasteiger partial charge in [-0.05, 0) is 41.2 Å². The summed E-state index contributed by atoms with van der Waals surface area (Å²) in [5.41, 5.74) is 0.159. The van der Waals surface area contributed by atoms with E-state index in [0.29, 0.717) is 18.5 Å². The molecule has 0 spiro atoms. The molecule has 1 rings (SSSR count). The van der Waals surface area contributed by atoms with Gasteiger partial charge in [0.1, 0.15) is 0 Å². The Labute approximate surface area is 100 Å². The molecule has 0 aromatic heterocycles. The molecule has 3 heteroatoms. The average molecular weight is 223 g/mol. The third-order valence-corrected chi connectivity index (χ3v) is 3.67. The van der Waals surface area contributed by atoms with Crippen molar-refractivity contribution >= 4 is 0 Å². The van der Waals surface area contributed by atoms with E-state index in [1.807, 2.05) is 0 Å². The van der Waals surface area contributed by atoms with Gasteiger partial charge in [0, 0.05) is 30.7 Å². The van der Waals surface area contributed by atoms with Gasteiger partial charge in [0.25, 0.3) is 0 Å². The Morgan fingerprint density at radius 1 is 1.38 bits per heavy atom. The molecule has 16 heavy (non-hydrogen) atoms. The van der Waals surface area contributed by atoms with Gasteiger partial charge in [-0.1, -0.05) is 0 Å². The van der Waals surface area contributed by atoms with Crippen LogP contribution in [0.15, 0.2) is 0 Å². The average Bonchev–Trinajstić information content (AvgIpc) is 2.27. The molecule has 1 heterocycles. The van der Waals surface area contributed by atoms with Crippen LogP contribution in [-0.2, 0) is 0 Å². The number of hydrogen-bond acceptors (Lipinski definition) is 3. The van der Waals surface area contributed by atoms with Gasteiger partial charge in [-0.2, -0.15) is 5.26 Å². The minimum absolute atomic E-state index is 0.159. The van der Waals surface area contributed by atoms with E-state index in [-0.39, 0.29) is 5.54 Å². The number of rotatable bonds is 1. The summed E-state index contributed by atoms with van der Waals surface area (Å²) in [6.07, 6.45) is 1.82. The lowest BCUT2D eigenvalue weighted by Crippen LogP contribution is -2.50. The SMILES string of the molecule is CC1CCN(C(C)(C)C)C(CC#N)CN1C. The van der Waals surface area contributed by atoms with Crippen LogP contribution in [0.5, 0.6) is 0 Å². The van der Waals surface area contributed by atoms with Crippen LogP contribution in [0.4, 0.5) is 0 Å². The minimum atomic E-state index is 0.159. The first-order chi connectivity index (χ1) is 7.36. The summed E-state index contributed by atoms with van der Waals surface area (Å²) in [6, 6.07) is 3.33. The molecule has 0 amide bonds. The summed E-state index contributed by atoms with van der Waals surface area (Å²) in [5.74, 6) is 0. The fourth-order valence-corrected chi connectivity index (χ4v) is 2.50. The van der Waals surface area contributed by atoms with Crippen molar-refractivity contribution in [1.29, 1.82) is 5.26 Å². The fraction of sp³-hybridized carbons (Fsp3) is 0.923. The van der Waals surface area contributed by atoms with Gasteiger partial charge in [0.2, 0.25) is 0 Å². The Morgan fingerprint density at radius 3 is 2.50 bits per heavy atom. The van der Waals surface area contributed by atoms with Crippen LogP contribution in [0.1, 0.15) is 40.5 Å². The van der Waals surface area contributed by atoms with Crippen molar-refractivity contribution in [3.05, 3.63) is 0 Å². The van der Waals surface area contributed by atoms with Crippen LogP contribution in [0.2, 0.25) is 0 Å². The van der Waals surface area contributed by atoms with Gasteiger partial charge < -0.3 is 4.90 Å². The molecule has 0 aliphatic carbocycles. The van der Waals surface area contributed by atoms with Crippen LogP contribution >= 0.6 is 0 Å². The fourth-order valence-electron chi connectivity index (χ4n) is 2.50. The third-order valence-electron chi connectivity index (χ3n) is 3.67. The normalized spacial score (nSPS) is 29.8. The predicted octanol–water partition coefficient (Wildman–Crippen LogP) is 2.09. The maximum absolute atomic E-state index is 8.95. The molecule has 0 aromatic carbocycles. The zero-order valence-electron chi connectivity index (χ0n) is 11.3. The molecule has 0 radical (unpaired) electrons. The van der Waals surface area contributed by atoms with E-state index >= 15 is 0 Å². The monoisotopic (exact) mass is 223 g/mol. The Balaban J connectivity index is 2.83. The number of likely N-dealkylation sites (N-methyl/N-ethyl adjacent to an activating group) is 1. The third kappa shape index (κ3) is 3.20. The van der Waals surface area contributed by atoms with E-state index in [1.165, 1.54) is 6.42 Å². The largest absolute Gasteiger partial charge is 0.302 e. The highest BCUT2D eigenvalue weighted by molar-refractivity contribution is 4.93. The van der Waals surface area contributed by atoms with Crippen molar-refractivity contribution in [2.24, 2.45) is 0 Å². The van der Waals surface area contributed by atoms with Gasteiger partial charge in [-0.15, -0.1) is 0 Å². The van der Waals surface area contributed by atoms with E-state index in [2.05, 4.69) is 50.6 Å². The maximum Gasteiger partial charge on any atom is 0.0638 e. The highest BCUT2D eigenvalue weighted by Gasteiger charge is 2.32. The van der Waals surface area contributed by atoms with E-state index in [4.69, 9.17) is 5.26 Å². The van der Waals surface area contributed by atoms with E-state index in [1.54, 1.807) is 0 Å². The molecule has 2 unspecified atom stereocenters. The first kappa shape index (κ1) is 13.5. The molecule has 1 saturated heterocycles. The molecular formula is C13H25N3. The molecule has 0 aromatic rings. The van der Waals surface area contributed by atoms with Crippen LogP contribution in [0.25, 0.3) is 0 Å². The zero-order chi connectivity index (χ0) is 12.3. The highest BCUT2D eigenvalue weighted by atomic mass is 15.3. The minimum Gasteiger partial charge on any atom is -0.302 e. The molecule has 1 aliphatic heterocycles. The van der Waals surface area contributed by atoms with Gasteiger partial charge >= 0.3 is 0 Å². The molecule has 0 N–H and O–H groups in total. The van der Waals surface area contributed by atoms with Gasteiger partial charge in [0.05, 0.1) is 12.5 Å². The molecular weight excluding hydrogens is 198 g/mol. The molecule has 0 bridgehead atoms. The van der Waals surface area contributed by atoms with Crippen LogP contribution in [-0.4, -0.2) is 47.6 Å². The van der Waals surface area contributed by atoms with E-state index < -0.39 is 0 Å². The van der Waals surface area contributed by atoms with Crippen LogP contribution in [0, 0.1) is 11.3 Å². The summed E-state index contributed by atoms with van der Waals surface area (Å²) in [5, 5.41) is 8.95. The molecule has 92 valence electrons. The molecule has 0 saturated carbocycles. The lowest BCUT2D eigenvalue weighted by Gasteiger charge is -2.40. The number of hydrogen-bond donors (Lipinski definition) is 0. The Hall–Kier alpha value is -0.590. The summed E-state index contributed by atoms with van der Waals surface area (Å²) in [6.45, 7) is 11.1. The lowest BCUT2D eigenvalue weighted by molar-refractivity contribution is 0.0847. The molecule has 2 atom stereocenters. The first-order valence-corrected chi connectivity index (χ1v) is 6.20. The van der Waals surface area contributed by atoms with Crippen LogP contribution < -0.4 is 0 Å². The second kappa shape index (κ2) is 5.16. The summed E-state index contributed by atoms with van der Waals surface area (Å²) >= 11 is 0. The van der Waals surface area contributed by atoms with Gasteiger partial charge in [0.15, 0.2) is 0 Å². The summed E-state index contributed by atoms with van der Waals surface area (Å²) in [7, 11) is 2.17. The van der Waals surface area contributed by atoms with Gasteiger partial charge in [-0.25, -0.2) is 0 Å². The Bertz CT molecular complexity index is 261. The second-order valence-electron chi connectivity index (χ2n) is 5.96. The Morgan fingerprint density at radius 2 is 2.00 bits per heavy atom. The quantitative estimate of drug-likeness (QED) is 0.682. The van der Waals surface area contributed by atoms with Crippen molar-refractivity contribution in [1.82, 2.24) is 9.80 Å². The Kier molecular flexibility index (Phi) is 4.35. The smallest absolute Gasteiger partial charge is 0.0638 e. The zero-order valence-corrected chi connectivity index (χ0v) is 11.3. The second-order valence-corrected chi connectivity index (χ2v) is 5.96. The maximum atomic E-state index is 8.95. The number of nitriles is 1. The molecule has 3 nitrogen and oxygen atoms in total. The summed E-state index contributed by atoms with van der Waals surface area (Å²) < 4.78 is 0. The topological polar surface area (TPSA) is 30.3 Å². The molecule has 1 aliphatic rings. The van der Waals surface area contributed by atoms with E-state index in [0.717, 1.165) is 13.1 Å². The van der Waals surface area contributed by atoms with E-state index in [9.17, 15) is 0 Å². The highest BCUT2D eigenvalue weighted by Crippen LogP contribution is 2.24. The lowest BCUT2D eigenvalue weighted by atomic mass is 10.0. The van der Waals surface area contributed by atoms with Crippen molar-refractivity contribution in [3.63, 3.8) is 0 Å². The van der Waals surface area contributed by atoms with Gasteiger partial charge in [-0.3, -0.25) is 4.90 Å². The van der Waals surface area contributed by atoms with Crippen LogP contribution in [0.3, 0.4) is 0 Å². The summed E-state index contributed by atoms with van der Waals surface area (Å²) in [4.78, 5) is 4.88.